The van der Waals surface area contributed by atoms with Crippen molar-refractivity contribution in [2.75, 3.05) is 0 Å². The maximum absolute atomic E-state index is 12.6. The van der Waals surface area contributed by atoms with Crippen LogP contribution in [0, 0.1) is 6.92 Å². The van der Waals surface area contributed by atoms with Crippen molar-refractivity contribution in [2.45, 2.75) is 20.2 Å². The van der Waals surface area contributed by atoms with E-state index in [2.05, 4.69) is 4.98 Å². The summed E-state index contributed by atoms with van der Waals surface area (Å²) in [6, 6.07) is 7.89. The average molecular weight is 237 g/mol. The van der Waals surface area contributed by atoms with Crippen molar-refractivity contribution in [2.24, 2.45) is 0 Å². The van der Waals surface area contributed by atoms with Gasteiger partial charge in [-0.2, -0.15) is 0 Å². The molecule has 0 amide bonds. The highest BCUT2D eigenvalue weighted by molar-refractivity contribution is 7.15. The van der Waals surface area contributed by atoms with Crippen LogP contribution in [0.15, 0.2) is 24.3 Å². The molecule has 1 aromatic carbocycles. The molecule has 1 aromatic heterocycles. The molecule has 0 saturated heterocycles. The zero-order valence-corrected chi connectivity index (χ0v) is 9.72. The maximum atomic E-state index is 12.6. The van der Waals surface area contributed by atoms with Crippen LogP contribution in [0.25, 0.3) is 10.6 Å². The minimum absolute atomic E-state index is 0.207. The second kappa shape index (κ2) is 4.72. The Hall–Kier alpha value is -1.26. The van der Waals surface area contributed by atoms with E-state index >= 15 is 0 Å². The van der Waals surface area contributed by atoms with Gasteiger partial charge in [0.25, 0.3) is 0 Å². The number of aliphatic hydroxyl groups is 1. The van der Waals surface area contributed by atoms with E-state index < -0.39 is 6.67 Å². The van der Waals surface area contributed by atoms with Gasteiger partial charge in [0.05, 0.1) is 17.2 Å². The van der Waals surface area contributed by atoms with E-state index in [0.29, 0.717) is 10.6 Å². The number of rotatable bonds is 3. The molecule has 1 heterocycles. The monoisotopic (exact) mass is 237 g/mol. The van der Waals surface area contributed by atoms with Gasteiger partial charge in [-0.3, -0.25) is 0 Å². The Morgan fingerprint density at radius 2 is 2.25 bits per heavy atom. The van der Waals surface area contributed by atoms with Crippen LogP contribution < -0.4 is 0 Å². The van der Waals surface area contributed by atoms with Crippen LogP contribution in [0.1, 0.15) is 16.1 Å². The van der Waals surface area contributed by atoms with Gasteiger partial charge in [0, 0.05) is 5.56 Å². The van der Waals surface area contributed by atoms with Crippen LogP contribution in [0.4, 0.5) is 4.39 Å². The third kappa shape index (κ3) is 2.13. The third-order valence-electron chi connectivity index (χ3n) is 2.31. The molecule has 4 heteroatoms. The zero-order chi connectivity index (χ0) is 11.5. The van der Waals surface area contributed by atoms with Crippen molar-refractivity contribution in [3.8, 4) is 10.6 Å². The molecule has 0 bridgehead atoms. The zero-order valence-electron chi connectivity index (χ0n) is 8.90. The lowest BCUT2D eigenvalue weighted by molar-refractivity contribution is 0.275. The first-order valence-electron chi connectivity index (χ1n) is 4.97. The summed E-state index contributed by atoms with van der Waals surface area (Å²) < 4.78 is 12.6. The number of halogens is 1. The first-order chi connectivity index (χ1) is 7.74. The van der Waals surface area contributed by atoms with Crippen molar-refractivity contribution in [3.63, 3.8) is 0 Å². The van der Waals surface area contributed by atoms with Gasteiger partial charge >= 0.3 is 0 Å². The van der Waals surface area contributed by atoms with Gasteiger partial charge in [-0.25, -0.2) is 9.37 Å². The largest absolute Gasteiger partial charge is 0.390 e. The molecule has 2 nitrogen and oxygen atoms in total. The number of nitrogens with zero attached hydrogens (tertiary/aromatic N) is 1. The Morgan fingerprint density at radius 1 is 1.44 bits per heavy atom. The summed E-state index contributed by atoms with van der Waals surface area (Å²) in [6.45, 7) is 1.22. The van der Waals surface area contributed by atoms with Gasteiger partial charge in [-0.15, -0.1) is 11.3 Å². The fourth-order valence-corrected chi connectivity index (χ4v) is 2.43. The molecule has 0 radical (unpaired) electrons. The van der Waals surface area contributed by atoms with Gasteiger partial charge in [-0.05, 0) is 13.0 Å². The molecule has 2 aromatic rings. The van der Waals surface area contributed by atoms with E-state index in [0.717, 1.165) is 16.1 Å². The van der Waals surface area contributed by atoms with Crippen LogP contribution in [0.2, 0.25) is 0 Å². The molecule has 0 fully saturated rings. The topological polar surface area (TPSA) is 33.1 Å². The Kier molecular flexibility index (Phi) is 3.31. The van der Waals surface area contributed by atoms with Crippen molar-refractivity contribution >= 4 is 11.3 Å². The van der Waals surface area contributed by atoms with Gasteiger partial charge < -0.3 is 5.11 Å². The fourth-order valence-electron chi connectivity index (χ4n) is 1.51. The van der Waals surface area contributed by atoms with Crippen molar-refractivity contribution in [1.29, 1.82) is 0 Å². The number of aliphatic hydroxyl groups excluding tert-OH is 1. The van der Waals surface area contributed by atoms with Crippen LogP contribution in [-0.2, 0) is 13.3 Å². The molecule has 0 spiro atoms. The second-order valence-electron chi connectivity index (χ2n) is 3.55. The Morgan fingerprint density at radius 3 is 2.81 bits per heavy atom. The molecule has 0 aliphatic heterocycles. The Balaban J connectivity index is 2.44. The summed E-state index contributed by atoms with van der Waals surface area (Å²) in [5.74, 6) is 0. The standard InChI is InChI=1S/C12H12FNOS/c1-8-3-2-4-9(5-8)12-14-10(7-15)11(6-13)16-12/h2-5,15H,6-7H2,1H3. The molecule has 0 unspecified atom stereocenters. The lowest BCUT2D eigenvalue weighted by Crippen LogP contribution is -1.87. The number of alkyl halides is 1. The SMILES string of the molecule is Cc1cccc(-c2nc(CO)c(CF)s2)c1. The summed E-state index contributed by atoms with van der Waals surface area (Å²) in [6.07, 6.45) is 0. The molecular formula is C12H12FNOS. The van der Waals surface area contributed by atoms with Crippen molar-refractivity contribution in [3.05, 3.63) is 40.4 Å². The number of aryl methyl sites for hydroxylation is 1. The number of hydrogen-bond donors (Lipinski definition) is 1. The smallest absolute Gasteiger partial charge is 0.126 e. The molecule has 2 rings (SSSR count). The van der Waals surface area contributed by atoms with Crippen molar-refractivity contribution in [1.82, 2.24) is 4.98 Å². The van der Waals surface area contributed by atoms with Gasteiger partial charge in [0.1, 0.15) is 11.7 Å². The molecular weight excluding hydrogens is 225 g/mol. The summed E-state index contributed by atoms with van der Waals surface area (Å²) in [7, 11) is 0. The minimum atomic E-state index is -0.570. The van der Waals surface area contributed by atoms with E-state index in [1.54, 1.807) is 0 Å². The lowest BCUT2D eigenvalue weighted by Gasteiger charge is -1.96. The average Bonchev–Trinajstić information content (AvgIpc) is 2.72. The number of aromatic nitrogens is 1. The van der Waals surface area contributed by atoms with E-state index in [1.165, 1.54) is 11.3 Å². The molecule has 0 aliphatic carbocycles. The summed E-state index contributed by atoms with van der Waals surface area (Å²) in [5.41, 5.74) is 2.56. The van der Waals surface area contributed by atoms with E-state index in [-0.39, 0.29) is 6.61 Å². The normalized spacial score (nSPS) is 10.7. The third-order valence-corrected chi connectivity index (χ3v) is 3.43. The van der Waals surface area contributed by atoms with Gasteiger partial charge in [0.2, 0.25) is 0 Å². The first kappa shape index (κ1) is 11.2. The highest BCUT2D eigenvalue weighted by atomic mass is 32.1. The first-order valence-corrected chi connectivity index (χ1v) is 5.78. The maximum Gasteiger partial charge on any atom is 0.126 e. The van der Waals surface area contributed by atoms with Crippen LogP contribution in [-0.4, -0.2) is 10.1 Å². The molecule has 0 saturated carbocycles. The Labute approximate surface area is 97.4 Å². The van der Waals surface area contributed by atoms with Crippen LogP contribution in [0.3, 0.4) is 0 Å². The highest BCUT2D eigenvalue weighted by Gasteiger charge is 2.11. The molecule has 16 heavy (non-hydrogen) atoms. The Bertz CT molecular complexity index is 474. The fraction of sp³-hybridized carbons (Fsp3) is 0.250. The highest BCUT2D eigenvalue weighted by Crippen LogP contribution is 2.29. The second-order valence-corrected chi connectivity index (χ2v) is 4.63. The molecule has 1 N–H and O–H groups in total. The van der Waals surface area contributed by atoms with E-state index in [4.69, 9.17) is 5.11 Å². The van der Waals surface area contributed by atoms with Gasteiger partial charge in [0.15, 0.2) is 0 Å². The number of thiazole rings is 1. The molecule has 84 valence electrons. The summed E-state index contributed by atoms with van der Waals surface area (Å²) in [5, 5.41) is 9.81. The lowest BCUT2D eigenvalue weighted by atomic mass is 10.1. The summed E-state index contributed by atoms with van der Waals surface area (Å²) in [4.78, 5) is 4.75. The number of hydrogen-bond acceptors (Lipinski definition) is 3. The van der Waals surface area contributed by atoms with Gasteiger partial charge in [-0.1, -0.05) is 23.8 Å². The quantitative estimate of drug-likeness (QED) is 0.890. The van der Waals surface area contributed by atoms with E-state index in [1.807, 2.05) is 31.2 Å². The van der Waals surface area contributed by atoms with Crippen LogP contribution >= 0.6 is 11.3 Å². The predicted molar refractivity (Wildman–Crippen MR) is 63.0 cm³/mol. The van der Waals surface area contributed by atoms with E-state index in [9.17, 15) is 4.39 Å². The molecule has 0 atom stereocenters. The van der Waals surface area contributed by atoms with Crippen molar-refractivity contribution < 1.29 is 9.50 Å². The summed E-state index contributed by atoms with van der Waals surface area (Å²) >= 11 is 1.30. The predicted octanol–water partition coefficient (Wildman–Crippen LogP) is 3.08. The minimum Gasteiger partial charge on any atom is -0.390 e. The molecule has 0 aliphatic rings. The van der Waals surface area contributed by atoms with Crippen LogP contribution in [0.5, 0.6) is 0 Å². The number of benzene rings is 1.